The molecule has 0 heterocycles. The van der Waals surface area contributed by atoms with Gasteiger partial charge in [-0.25, -0.2) is 0 Å². The third kappa shape index (κ3) is 4.66. The third-order valence-corrected chi connectivity index (χ3v) is 1.58. The monoisotopic (exact) mass is 185 g/mol. The Morgan fingerprint density at radius 3 is 2.21 bits per heavy atom. The lowest BCUT2D eigenvalue weighted by Crippen LogP contribution is -1.98. The minimum absolute atomic E-state index is 0.468. The lowest BCUT2D eigenvalue weighted by Gasteiger charge is -2.02. The molecule has 1 nitrogen and oxygen atoms in total. The number of hydrogen-bond donors (Lipinski definition) is 0. The number of hydrogen-bond acceptors (Lipinski definition) is 1. The van der Waals surface area contributed by atoms with E-state index in [1.165, 1.54) is 0 Å². The Hall–Kier alpha value is -1.31. The molecule has 0 aliphatic rings. The summed E-state index contributed by atoms with van der Waals surface area (Å²) in [6, 6.07) is 0. The van der Waals surface area contributed by atoms with E-state index in [4.69, 9.17) is 7.85 Å². The van der Waals surface area contributed by atoms with Crippen LogP contribution in [0.4, 0.5) is 0 Å². The Kier molecular flexibility index (Phi) is 5.62. The van der Waals surface area contributed by atoms with Crippen molar-refractivity contribution in [3.63, 3.8) is 0 Å². The summed E-state index contributed by atoms with van der Waals surface area (Å²) < 4.78 is 0. The van der Waals surface area contributed by atoms with Crippen molar-refractivity contribution < 1.29 is 0 Å². The lowest BCUT2D eigenvalue weighted by atomic mass is 9.95. The van der Waals surface area contributed by atoms with Crippen LogP contribution >= 0.6 is 0 Å². The van der Waals surface area contributed by atoms with E-state index in [0.717, 1.165) is 16.8 Å². The van der Waals surface area contributed by atoms with Crippen molar-refractivity contribution in [1.82, 2.24) is 0 Å². The maximum atomic E-state index is 5.68. The molecule has 0 fully saturated rings. The molecule has 0 aliphatic heterocycles. The van der Waals surface area contributed by atoms with Gasteiger partial charge in [0.2, 0.25) is 0 Å². The predicted molar refractivity (Wildman–Crippen MR) is 65.7 cm³/mol. The zero-order chi connectivity index (χ0) is 11.1. The largest absolute Gasteiger partial charge is 0.265 e. The van der Waals surface area contributed by atoms with E-state index in [1.807, 2.05) is 32.9 Å². The summed E-state index contributed by atoms with van der Waals surface area (Å²) in [5, 5.41) is 0. The van der Waals surface area contributed by atoms with Gasteiger partial charge in [0.05, 0.1) is 5.70 Å². The molecule has 0 N–H and O–H groups in total. The van der Waals surface area contributed by atoms with Gasteiger partial charge in [-0.15, -0.1) is 0 Å². The maximum Gasteiger partial charge on any atom is 0.142 e. The molecule has 72 valence electrons. The molecule has 0 atom stereocenters. The number of nitrogens with zero attached hydrogens (tertiary/aromatic N) is 1. The summed E-state index contributed by atoms with van der Waals surface area (Å²) in [5.41, 5.74) is 3.20. The fourth-order valence-electron chi connectivity index (χ4n) is 0.700. The molecule has 0 aliphatic carbocycles. The fourth-order valence-corrected chi connectivity index (χ4v) is 0.700. The number of allylic oxidation sites excluding steroid dienone is 5. The molecule has 0 aromatic rings. The van der Waals surface area contributed by atoms with E-state index in [2.05, 4.69) is 18.2 Å². The first-order chi connectivity index (χ1) is 6.49. The number of rotatable bonds is 4. The van der Waals surface area contributed by atoms with Crippen LogP contribution in [0.15, 0.2) is 53.2 Å². The van der Waals surface area contributed by atoms with Gasteiger partial charge >= 0.3 is 0 Å². The molecule has 0 aromatic heterocycles. The van der Waals surface area contributed by atoms with Crippen LogP contribution < -0.4 is 0 Å². The van der Waals surface area contributed by atoms with E-state index >= 15 is 0 Å². The highest BCUT2D eigenvalue weighted by molar-refractivity contribution is 6.64. The van der Waals surface area contributed by atoms with Crippen LogP contribution in [-0.4, -0.2) is 13.5 Å². The van der Waals surface area contributed by atoms with Crippen LogP contribution in [0, 0.1) is 0 Å². The van der Waals surface area contributed by atoms with Gasteiger partial charge in [0.1, 0.15) is 7.85 Å². The first-order valence-corrected chi connectivity index (χ1v) is 4.45. The van der Waals surface area contributed by atoms with Gasteiger partial charge in [-0.2, -0.15) is 0 Å². The van der Waals surface area contributed by atoms with Crippen LogP contribution in [-0.2, 0) is 0 Å². The SMILES string of the molecule is [B]C(=NC(/C=C\C=C)=C(C)C)C(=C)C. The fraction of sp³-hybridized carbons (Fsp3) is 0.250. The molecule has 0 amide bonds. The van der Waals surface area contributed by atoms with Crippen molar-refractivity contribution in [2.24, 2.45) is 4.99 Å². The van der Waals surface area contributed by atoms with Gasteiger partial charge in [-0.3, -0.25) is 4.99 Å². The Bertz CT molecular complexity index is 315. The van der Waals surface area contributed by atoms with Gasteiger partial charge in [0.25, 0.3) is 0 Å². The quantitative estimate of drug-likeness (QED) is 0.362. The molecule has 0 saturated carbocycles. The van der Waals surface area contributed by atoms with Gasteiger partial charge in [0, 0.05) is 0 Å². The average molecular weight is 185 g/mol. The molecular formula is C12H16BN. The molecule has 0 bridgehead atoms. The van der Waals surface area contributed by atoms with Crippen LogP contribution in [0.1, 0.15) is 20.8 Å². The molecule has 2 radical (unpaired) electrons. The second-order valence-corrected chi connectivity index (χ2v) is 3.26. The Balaban J connectivity index is 4.99. The van der Waals surface area contributed by atoms with Crippen LogP contribution in [0.5, 0.6) is 0 Å². The second kappa shape index (κ2) is 6.19. The van der Waals surface area contributed by atoms with Crippen LogP contribution in [0.3, 0.4) is 0 Å². The zero-order valence-corrected chi connectivity index (χ0v) is 9.17. The highest BCUT2D eigenvalue weighted by atomic mass is 14.7. The number of aliphatic imine (C=N–C) groups is 1. The summed E-state index contributed by atoms with van der Waals surface area (Å²) in [6.07, 6.45) is 5.41. The van der Waals surface area contributed by atoms with E-state index in [-0.39, 0.29) is 0 Å². The lowest BCUT2D eigenvalue weighted by molar-refractivity contribution is 1.25. The molecular weight excluding hydrogens is 169 g/mol. The molecule has 14 heavy (non-hydrogen) atoms. The van der Waals surface area contributed by atoms with Gasteiger partial charge < -0.3 is 0 Å². The third-order valence-electron chi connectivity index (χ3n) is 1.58. The van der Waals surface area contributed by atoms with Crippen LogP contribution in [0.25, 0.3) is 0 Å². The normalized spacial score (nSPS) is 11.5. The topological polar surface area (TPSA) is 12.4 Å². The molecule has 0 aromatic carbocycles. The minimum atomic E-state index is 0.468. The summed E-state index contributed by atoms with van der Waals surface area (Å²) in [7, 11) is 5.68. The molecule has 2 heteroatoms. The van der Waals surface area contributed by atoms with E-state index in [9.17, 15) is 0 Å². The Morgan fingerprint density at radius 1 is 1.29 bits per heavy atom. The zero-order valence-electron chi connectivity index (χ0n) is 9.17. The van der Waals surface area contributed by atoms with Crippen molar-refractivity contribution >= 4 is 13.5 Å². The van der Waals surface area contributed by atoms with Gasteiger partial charge in [-0.05, 0) is 38.0 Å². The summed E-state index contributed by atoms with van der Waals surface area (Å²) >= 11 is 0. The van der Waals surface area contributed by atoms with Crippen molar-refractivity contribution in [3.05, 3.63) is 48.2 Å². The summed E-state index contributed by atoms with van der Waals surface area (Å²) in [4.78, 5) is 4.25. The van der Waals surface area contributed by atoms with Gasteiger partial charge in [-0.1, -0.05) is 30.9 Å². The minimum Gasteiger partial charge on any atom is -0.265 e. The second-order valence-electron chi connectivity index (χ2n) is 3.26. The maximum absolute atomic E-state index is 5.68. The molecule has 0 unspecified atom stereocenters. The first-order valence-electron chi connectivity index (χ1n) is 4.45. The predicted octanol–water partition coefficient (Wildman–Crippen LogP) is 3.17. The Labute approximate surface area is 88.0 Å². The Morgan fingerprint density at radius 2 is 1.86 bits per heavy atom. The smallest absolute Gasteiger partial charge is 0.142 e. The van der Waals surface area contributed by atoms with Gasteiger partial charge in [0.15, 0.2) is 0 Å². The van der Waals surface area contributed by atoms with Crippen molar-refractivity contribution in [1.29, 1.82) is 0 Å². The van der Waals surface area contributed by atoms with Crippen molar-refractivity contribution in [3.8, 4) is 0 Å². The summed E-state index contributed by atoms with van der Waals surface area (Å²) in [5.74, 6) is 0. The van der Waals surface area contributed by atoms with Crippen molar-refractivity contribution in [2.45, 2.75) is 20.8 Å². The van der Waals surface area contributed by atoms with E-state index in [1.54, 1.807) is 6.08 Å². The highest BCUT2D eigenvalue weighted by Gasteiger charge is 1.94. The molecule has 0 saturated heterocycles. The average Bonchev–Trinajstić information content (AvgIpc) is 2.10. The van der Waals surface area contributed by atoms with Crippen LogP contribution in [0.2, 0.25) is 0 Å². The standard InChI is InChI=1S/C12H16BN/c1-6-7-8-11(9(2)3)14-12(13)10(4)5/h6-8H,1,4H2,2-3,5H3/b8-7-,14-12?. The first kappa shape index (κ1) is 12.7. The van der Waals surface area contributed by atoms with E-state index in [0.29, 0.717) is 5.61 Å². The summed E-state index contributed by atoms with van der Waals surface area (Å²) in [6.45, 7) is 13.1. The van der Waals surface area contributed by atoms with E-state index < -0.39 is 0 Å². The van der Waals surface area contributed by atoms with Crippen molar-refractivity contribution in [2.75, 3.05) is 0 Å². The molecule has 0 rings (SSSR count). The highest BCUT2D eigenvalue weighted by Crippen LogP contribution is 2.08. The molecule has 0 spiro atoms.